The monoisotopic (exact) mass is 168 g/mol. The van der Waals surface area contributed by atoms with Crippen molar-refractivity contribution in [1.82, 2.24) is 9.78 Å². The van der Waals surface area contributed by atoms with Gasteiger partial charge in [0.1, 0.15) is 5.69 Å². The van der Waals surface area contributed by atoms with Gasteiger partial charge in [-0.1, -0.05) is 5.92 Å². The molecule has 3 heteroatoms. The molecule has 1 heterocycles. The SMILES string of the molecule is CCn1nccc1C#CCCl. The highest BCUT2D eigenvalue weighted by molar-refractivity contribution is 6.19. The lowest BCUT2D eigenvalue weighted by atomic mass is 10.4. The normalized spacial score (nSPS) is 8.91. The first kappa shape index (κ1) is 8.16. The minimum atomic E-state index is 0.370. The molecule has 2 nitrogen and oxygen atoms in total. The minimum absolute atomic E-state index is 0.370. The summed E-state index contributed by atoms with van der Waals surface area (Å²) in [6.07, 6.45) is 1.74. The molecule has 0 aromatic carbocycles. The summed E-state index contributed by atoms with van der Waals surface area (Å²) in [6.45, 7) is 2.87. The first-order chi connectivity index (χ1) is 5.38. The number of rotatable bonds is 1. The van der Waals surface area contributed by atoms with Crippen molar-refractivity contribution in [2.24, 2.45) is 0 Å². The first-order valence-corrected chi connectivity index (χ1v) is 3.98. The zero-order valence-electron chi connectivity index (χ0n) is 6.34. The topological polar surface area (TPSA) is 17.8 Å². The highest BCUT2D eigenvalue weighted by atomic mass is 35.5. The van der Waals surface area contributed by atoms with Crippen LogP contribution in [0.15, 0.2) is 12.3 Å². The minimum Gasteiger partial charge on any atom is -0.257 e. The molecule has 0 aliphatic rings. The molecule has 0 saturated carbocycles. The second-order valence-electron chi connectivity index (χ2n) is 1.97. The van der Waals surface area contributed by atoms with Gasteiger partial charge < -0.3 is 0 Å². The van der Waals surface area contributed by atoms with E-state index in [1.54, 1.807) is 6.20 Å². The van der Waals surface area contributed by atoms with E-state index in [-0.39, 0.29) is 0 Å². The Labute approximate surface area is 71.2 Å². The molecule has 1 aromatic heterocycles. The van der Waals surface area contributed by atoms with Crippen LogP contribution in [0.3, 0.4) is 0 Å². The van der Waals surface area contributed by atoms with Gasteiger partial charge in [0.05, 0.1) is 12.1 Å². The summed E-state index contributed by atoms with van der Waals surface area (Å²) in [5.41, 5.74) is 0.924. The van der Waals surface area contributed by atoms with Crippen LogP contribution in [-0.4, -0.2) is 15.7 Å². The van der Waals surface area contributed by atoms with Gasteiger partial charge in [-0.2, -0.15) is 5.10 Å². The maximum Gasteiger partial charge on any atom is 0.111 e. The molecule has 0 spiro atoms. The second kappa shape index (κ2) is 4.05. The standard InChI is InChI=1S/C8H9ClN2/c1-2-11-8(4-3-6-9)5-7-10-11/h5,7H,2,6H2,1H3. The van der Waals surface area contributed by atoms with E-state index in [9.17, 15) is 0 Å². The Balaban J connectivity index is 2.84. The number of hydrogen-bond acceptors (Lipinski definition) is 1. The first-order valence-electron chi connectivity index (χ1n) is 3.45. The van der Waals surface area contributed by atoms with Gasteiger partial charge in [0, 0.05) is 6.54 Å². The summed E-state index contributed by atoms with van der Waals surface area (Å²) in [5.74, 6) is 6.06. The number of hydrogen-bond donors (Lipinski definition) is 0. The van der Waals surface area contributed by atoms with Crippen LogP contribution in [0.5, 0.6) is 0 Å². The molecule has 0 aliphatic heterocycles. The molecule has 1 rings (SSSR count). The zero-order valence-corrected chi connectivity index (χ0v) is 7.10. The summed E-state index contributed by atoms with van der Waals surface area (Å²) >= 11 is 5.41. The van der Waals surface area contributed by atoms with Gasteiger partial charge in [0.2, 0.25) is 0 Å². The molecule has 0 N–H and O–H groups in total. The van der Waals surface area contributed by atoms with Crippen molar-refractivity contribution < 1.29 is 0 Å². The van der Waals surface area contributed by atoms with Crippen molar-refractivity contribution in [2.75, 3.05) is 5.88 Å². The lowest BCUT2D eigenvalue weighted by Crippen LogP contribution is -1.98. The largest absolute Gasteiger partial charge is 0.257 e. The van der Waals surface area contributed by atoms with Crippen molar-refractivity contribution in [3.8, 4) is 11.8 Å². The average Bonchev–Trinajstić information content (AvgIpc) is 2.47. The number of halogens is 1. The van der Waals surface area contributed by atoms with Crippen LogP contribution in [0.2, 0.25) is 0 Å². The number of aromatic nitrogens is 2. The average molecular weight is 169 g/mol. The molecule has 58 valence electrons. The van der Waals surface area contributed by atoms with E-state index in [1.165, 1.54) is 0 Å². The maximum absolute atomic E-state index is 5.41. The van der Waals surface area contributed by atoms with Crippen LogP contribution in [0.25, 0.3) is 0 Å². The fourth-order valence-corrected chi connectivity index (χ4v) is 0.882. The van der Waals surface area contributed by atoms with Crippen LogP contribution in [0.4, 0.5) is 0 Å². The van der Waals surface area contributed by atoms with E-state index in [0.717, 1.165) is 12.2 Å². The van der Waals surface area contributed by atoms with E-state index >= 15 is 0 Å². The van der Waals surface area contributed by atoms with Crippen LogP contribution in [-0.2, 0) is 6.54 Å². The Morgan fingerprint density at radius 3 is 3.18 bits per heavy atom. The van der Waals surface area contributed by atoms with Crippen molar-refractivity contribution >= 4 is 11.6 Å². The van der Waals surface area contributed by atoms with Gasteiger partial charge in [-0.3, -0.25) is 4.68 Å². The fourth-order valence-electron chi connectivity index (χ4n) is 0.815. The van der Waals surface area contributed by atoms with Gasteiger partial charge in [0.25, 0.3) is 0 Å². The van der Waals surface area contributed by atoms with Crippen molar-refractivity contribution in [1.29, 1.82) is 0 Å². The predicted molar refractivity (Wildman–Crippen MR) is 45.5 cm³/mol. The molecule has 0 aliphatic carbocycles. The van der Waals surface area contributed by atoms with E-state index in [2.05, 4.69) is 16.9 Å². The summed E-state index contributed by atoms with van der Waals surface area (Å²) in [7, 11) is 0. The summed E-state index contributed by atoms with van der Waals surface area (Å²) < 4.78 is 1.83. The van der Waals surface area contributed by atoms with Gasteiger partial charge >= 0.3 is 0 Å². The Bertz CT molecular complexity index is 280. The van der Waals surface area contributed by atoms with Crippen molar-refractivity contribution in [3.63, 3.8) is 0 Å². The van der Waals surface area contributed by atoms with Gasteiger partial charge in [-0.25, -0.2) is 0 Å². The van der Waals surface area contributed by atoms with Crippen LogP contribution in [0, 0.1) is 11.8 Å². The molecule has 0 unspecified atom stereocenters. The van der Waals surface area contributed by atoms with E-state index in [0.29, 0.717) is 5.88 Å². The Morgan fingerprint density at radius 1 is 1.73 bits per heavy atom. The van der Waals surface area contributed by atoms with E-state index < -0.39 is 0 Å². The summed E-state index contributed by atoms with van der Waals surface area (Å²) in [5, 5.41) is 4.06. The molecular formula is C8H9ClN2. The quantitative estimate of drug-likeness (QED) is 0.459. The third-order valence-electron chi connectivity index (χ3n) is 1.30. The Hall–Kier alpha value is -0.940. The number of alkyl halides is 1. The molecule has 0 fully saturated rings. The van der Waals surface area contributed by atoms with Crippen LogP contribution in [0.1, 0.15) is 12.6 Å². The molecule has 11 heavy (non-hydrogen) atoms. The number of aryl methyl sites for hydroxylation is 1. The lowest BCUT2D eigenvalue weighted by molar-refractivity contribution is 0.652. The molecule has 0 radical (unpaired) electrons. The maximum atomic E-state index is 5.41. The van der Waals surface area contributed by atoms with Crippen LogP contribution >= 0.6 is 11.6 Å². The highest BCUT2D eigenvalue weighted by Crippen LogP contribution is 1.95. The van der Waals surface area contributed by atoms with Crippen molar-refractivity contribution in [3.05, 3.63) is 18.0 Å². The molecule has 0 saturated heterocycles. The lowest BCUT2D eigenvalue weighted by Gasteiger charge is -1.94. The zero-order chi connectivity index (χ0) is 8.10. The van der Waals surface area contributed by atoms with Gasteiger partial charge in [-0.05, 0) is 18.9 Å². The molecule has 1 aromatic rings. The number of nitrogens with zero attached hydrogens (tertiary/aromatic N) is 2. The summed E-state index contributed by atoms with van der Waals surface area (Å²) in [4.78, 5) is 0. The Kier molecular flexibility index (Phi) is 3.00. The molecular weight excluding hydrogens is 160 g/mol. The molecule has 0 atom stereocenters. The Morgan fingerprint density at radius 2 is 2.55 bits per heavy atom. The van der Waals surface area contributed by atoms with Gasteiger partial charge in [-0.15, -0.1) is 11.6 Å². The molecule has 0 bridgehead atoms. The van der Waals surface area contributed by atoms with E-state index in [4.69, 9.17) is 11.6 Å². The third-order valence-corrected chi connectivity index (χ3v) is 1.43. The third kappa shape index (κ3) is 1.99. The second-order valence-corrected chi connectivity index (χ2v) is 2.23. The van der Waals surface area contributed by atoms with Crippen LogP contribution < -0.4 is 0 Å². The van der Waals surface area contributed by atoms with Gasteiger partial charge in [0.15, 0.2) is 0 Å². The smallest absolute Gasteiger partial charge is 0.111 e. The summed E-state index contributed by atoms with van der Waals surface area (Å²) in [6, 6.07) is 1.88. The van der Waals surface area contributed by atoms with Crippen molar-refractivity contribution in [2.45, 2.75) is 13.5 Å². The predicted octanol–water partition coefficient (Wildman–Crippen LogP) is 1.49. The highest BCUT2D eigenvalue weighted by Gasteiger charge is 1.93. The van der Waals surface area contributed by atoms with E-state index in [1.807, 2.05) is 17.7 Å². The fraction of sp³-hybridized carbons (Fsp3) is 0.375. The molecule has 0 amide bonds.